The first-order valence-corrected chi connectivity index (χ1v) is 11.1. The lowest BCUT2D eigenvalue weighted by molar-refractivity contribution is -0.118. The number of amides is 2. The number of hydrogen-bond donors (Lipinski definition) is 2. The van der Waals surface area contributed by atoms with Gasteiger partial charge in [-0.05, 0) is 54.3 Å². The van der Waals surface area contributed by atoms with E-state index in [1.54, 1.807) is 25.1 Å². The van der Waals surface area contributed by atoms with Crippen LogP contribution < -0.4 is 11.1 Å². The van der Waals surface area contributed by atoms with Gasteiger partial charge in [0.05, 0.1) is 23.6 Å². The number of carbonyl (C=O) groups is 3. The molecule has 0 aromatic heterocycles. The highest BCUT2D eigenvalue weighted by Gasteiger charge is 2.36. The van der Waals surface area contributed by atoms with E-state index in [4.69, 9.17) is 15.5 Å². The van der Waals surface area contributed by atoms with Crippen molar-refractivity contribution in [2.75, 3.05) is 11.9 Å². The lowest BCUT2D eigenvalue weighted by atomic mass is 9.90. The standard InChI is InChI=1S/C27H25N3O4/c1-2-34-27(33)19-11-14-21-22(16-19)30-26(32)24(21)25(18-6-4-3-5-7-18)29-20-12-8-17(9-13-20)10-15-23(28)31/h3-9,11-14,16,24H,2,10,15H2,1H3,(H2,28,31)(H,30,32). The summed E-state index contributed by atoms with van der Waals surface area (Å²) in [5.74, 6) is -1.62. The van der Waals surface area contributed by atoms with E-state index in [2.05, 4.69) is 5.32 Å². The van der Waals surface area contributed by atoms with E-state index in [0.29, 0.717) is 29.1 Å². The maximum Gasteiger partial charge on any atom is 0.338 e. The summed E-state index contributed by atoms with van der Waals surface area (Å²) in [5, 5.41) is 2.89. The first kappa shape index (κ1) is 22.9. The van der Waals surface area contributed by atoms with E-state index in [0.717, 1.165) is 16.7 Å². The number of ether oxygens (including phenoxy) is 1. The van der Waals surface area contributed by atoms with Crippen molar-refractivity contribution in [1.82, 2.24) is 0 Å². The first-order valence-electron chi connectivity index (χ1n) is 11.1. The monoisotopic (exact) mass is 455 g/mol. The molecule has 1 heterocycles. The van der Waals surface area contributed by atoms with Crippen LogP contribution in [-0.2, 0) is 20.7 Å². The summed E-state index contributed by atoms with van der Waals surface area (Å²) < 4.78 is 5.08. The zero-order valence-corrected chi connectivity index (χ0v) is 18.8. The SMILES string of the molecule is CCOC(=O)c1ccc2c(c1)NC(=O)C2C(=Nc1ccc(CCC(N)=O)cc1)c1ccccc1. The molecular weight excluding hydrogens is 430 g/mol. The molecule has 3 aromatic rings. The maximum atomic E-state index is 13.1. The summed E-state index contributed by atoms with van der Waals surface area (Å²) in [6, 6.07) is 22.1. The summed E-state index contributed by atoms with van der Waals surface area (Å²) >= 11 is 0. The summed E-state index contributed by atoms with van der Waals surface area (Å²) in [6.45, 7) is 2.02. The van der Waals surface area contributed by atoms with Gasteiger partial charge in [-0.1, -0.05) is 48.5 Å². The number of esters is 1. The van der Waals surface area contributed by atoms with Gasteiger partial charge >= 0.3 is 5.97 Å². The maximum absolute atomic E-state index is 13.1. The van der Waals surface area contributed by atoms with E-state index < -0.39 is 11.9 Å². The molecule has 1 aliphatic heterocycles. The number of fused-ring (bicyclic) bond motifs is 1. The van der Waals surface area contributed by atoms with Gasteiger partial charge in [-0.3, -0.25) is 14.6 Å². The molecule has 4 rings (SSSR count). The second kappa shape index (κ2) is 10.1. The Hall–Kier alpha value is -4.26. The fraction of sp³-hybridized carbons (Fsp3) is 0.185. The van der Waals surface area contributed by atoms with E-state index in [1.807, 2.05) is 54.6 Å². The van der Waals surface area contributed by atoms with Crippen molar-refractivity contribution in [2.24, 2.45) is 10.7 Å². The number of nitrogens with zero attached hydrogens (tertiary/aromatic N) is 1. The molecule has 7 nitrogen and oxygen atoms in total. The van der Waals surface area contributed by atoms with Gasteiger partial charge in [-0.25, -0.2) is 4.79 Å². The van der Waals surface area contributed by atoms with Crippen molar-refractivity contribution in [3.63, 3.8) is 0 Å². The second-order valence-electron chi connectivity index (χ2n) is 7.94. The quantitative estimate of drug-likeness (QED) is 0.393. The summed E-state index contributed by atoms with van der Waals surface area (Å²) in [6.07, 6.45) is 0.844. The summed E-state index contributed by atoms with van der Waals surface area (Å²) in [5.41, 5.74) is 10.0. The molecule has 0 saturated heterocycles. The molecular formula is C27H25N3O4. The van der Waals surface area contributed by atoms with Crippen molar-refractivity contribution >= 4 is 34.9 Å². The number of aliphatic imine (C=N–C) groups is 1. The van der Waals surface area contributed by atoms with Crippen molar-refractivity contribution in [3.05, 3.63) is 95.1 Å². The molecule has 34 heavy (non-hydrogen) atoms. The minimum absolute atomic E-state index is 0.211. The Morgan fingerprint density at radius 2 is 1.74 bits per heavy atom. The number of benzene rings is 3. The minimum Gasteiger partial charge on any atom is -0.462 e. The van der Waals surface area contributed by atoms with Crippen LogP contribution in [0.5, 0.6) is 0 Å². The first-order chi connectivity index (χ1) is 16.5. The number of carbonyl (C=O) groups excluding carboxylic acids is 3. The van der Waals surface area contributed by atoms with Crippen LogP contribution in [0.15, 0.2) is 77.8 Å². The highest BCUT2D eigenvalue weighted by molar-refractivity contribution is 6.24. The third-order valence-corrected chi connectivity index (χ3v) is 5.58. The van der Waals surface area contributed by atoms with Gasteiger partial charge in [-0.2, -0.15) is 0 Å². The normalized spacial score (nSPS) is 14.9. The van der Waals surface area contributed by atoms with Crippen LogP contribution >= 0.6 is 0 Å². The molecule has 3 aromatic carbocycles. The molecule has 0 aliphatic carbocycles. The van der Waals surface area contributed by atoms with Crippen molar-refractivity contribution < 1.29 is 19.1 Å². The molecule has 1 atom stereocenters. The van der Waals surface area contributed by atoms with Crippen LogP contribution in [-0.4, -0.2) is 30.1 Å². The van der Waals surface area contributed by atoms with Gasteiger partial charge in [0.2, 0.25) is 11.8 Å². The molecule has 3 N–H and O–H groups in total. The molecule has 1 aliphatic rings. The average Bonchev–Trinajstić information content (AvgIpc) is 3.17. The predicted octanol–water partition coefficient (Wildman–Crippen LogP) is 4.14. The van der Waals surface area contributed by atoms with Gasteiger partial charge in [0.1, 0.15) is 5.92 Å². The molecule has 0 fully saturated rings. The zero-order chi connectivity index (χ0) is 24.1. The minimum atomic E-state index is -0.636. The molecule has 172 valence electrons. The van der Waals surface area contributed by atoms with E-state index in [1.165, 1.54) is 0 Å². The predicted molar refractivity (Wildman–Crippen MR) is 130 cm³/mol. The molecule has 0 radical (unpaired) electrons. The number of nitrogens with two attached hydrogens (primary N) is 1. The summed E-state index contributed by atoms with van der Waals surface area (Å²) in [7, 11) is 0. The second-order valence-corrected chi connectivity index (χ2v) is 7.94. The Balaban J connectivity index is 1.71. The smallest absolute Gasteiger partial charge is 0.338 e. The van der Waals surface area contributed by atoms with Crippen LogP contribution in [0.1, 0.15) is 46.3 Å². The largest absolute Gasteiger partial charge is 0.462 e. The number of rotatable bonds is 8. The van der Waals surface area contributed by atoms with Gasteiger partial charge < -0.3 is 15.8 Å². The lowest BCUT2D eigenvalue weighted by Gasteiger charge is -2.14. The topological polar surface area (TPSA) is 111 Å². The number of primary amides is 1. The van der Waals surface area contributed by atoms with Gasteiger partial charge in [-0.15, -0.1) is 0 Å². The van der Waals surface area contributed by atoms with Gasteiger partial charge in [0.25, 0.3) is 0 Å². The van der Waals surface area contributed by atoms with Gasteiger partial charge in [0.15, 0.2) is 0 Å². The molecule has 7 heteroatoms. The zero-order valence-electron chi connectivity index (χ0n) is 18.8. The number of aryl methyl sites for hydroxylation is 1. The Morgan fingerprint density at radius 3 is 2.41 bits per heavy atom. The Morgan fingerprint density at radius 1 is 1.00 bits per heavy atom. The Kier molecular flexibility index (Phi) is 6.82. The fourth-order valence-corrected chi connectivity index (χ4v) is 3.92. The van der Waals surface area contributed by atoms with Crippen LogP contribution in [0.2, 0.25) is 0 Å². The van der Waals surface area contributed by atoms with Crippen molar-refractivity contribution in [3.8, 4) is 0 Å². The summed E-state index contributed by atoms with van der Waals surface area (Å²) in [4.78, 5) is 41.1. The molecule has 2 amide bonds. The van der Waals surface area contributed by atoms with Crippen LogP contribution in [0.3, 0.4) is 0 Å². The average molecular weight is 456 g/mol. The number of nitrogens with one attached hydrogen (secondary N) is 1. The molecule has 0 saturated carbocycles. The highest BCUT2D eigenvalue weighted by Crippen LogP contribution is 2.37. The van der Waals surface area contributed by atoms with E-state index in [9.17, 15) is 14.4 Å². The lowest BCUT2D eigenvalue weighted by Crippen LogP contribution is -2.21. The number of hydrogen-bond acceptors (Lipinski definition) is 5. The van der Waals surface area contributed by atoms with Crippen LogP contribution in [0.4, 0.5) is 11.4 Å². The molecule has 0 spiro atoms. The Labute approximate surface area is 197 Å². The molecule has 1 unspecified atom stereocenters. The highest BCUT2D eigenvalue weighted by atomic mass is 16.5. The van der Waals surface area contributed by atoms with Gasteiger partial charge in [0, 0.05) is 12.1 Å². The third-order valence-electron chi connectivity index (χ3n) is 5.58. The third kappa shape index (κ3) is 5.04. The van der Waals surface area contributed by atoms with Crippen molar-refractivity contribution in [2.45, 2.75) is 25.7 Å². The van der Waals surface area contributed by atoms with E-state index >= 15 is 0 Å². The number of anilines is 1. The van der Waals surface area contributed by atoms with Crippen LogP contribution in [0, 0.1) is 0 Å². The molecule has 0 bridgehead atoms. The van der Waals surface area contributed by atoms with E-state index in [-0.39, 0.29) is 24.8 Å². The fourth-order valence-electron chi connectivity index (χ4n) is 3.92. The Bertz CT molecular complexity index is 1250. The van der Waals surface area contributed by atoms with Crippen molar-refractivity contribution in [1.29, 1.82) is 0 Å². The van der Waals surface area contributed by atoms with Crippen LogP contribution in [0.25, 0.3) is 0 Å².